The quantitative estimate of drug-likeness (QED) is 0.588. The van der Waals surface area contributed by atoms with Gasteiger partial charge in [-0.05, 0) is 18.8 Å². The van der Waals surface area contributed by atoms with Gasteiger partial charge in [-0.1, -0.05) is 6.42 Å². The highest BCUT2D eigenvalue weighted by atomic mass is 16.1. The lowest BCUT2D eigenvalue weighted by molar-refractivity contribution is -0.120. The first-order valence-electron chi connectivity index (χ1n) is 3.93. The van der Waals surface area contributed by atoms with E-state index < -0.39 is 0 Å². The lowest BCUT2D eigenvalue weighted by Crippen LogP contribution is -2.18. The van der Waals surface area contributed by atoms with Gasteiger partial charge in [0.25, 0.3) is 0 Å². The molecule has 3 unspecified atom stereocenters. The van der Waals surface area contributed by atoms with Crippen LogP contribution < -0.4 is 5.73 Å². The van der Waals surface area contributed by atoms with Crippen LogP contribution in [0, 0.1) is 28.6 Å². The number of hydrogen-bond donors (Lipinski definition) is 1. The standard InChI is InChI=1S/C8H10N2O/c9-4-8-3-1-2-5(8)6(8)7(10)11/h5-6H,1-3H2,(H2,10,11). The third kappa shape index (κ3) is 0.597. The van der Waals surface area contributed by atoms with Crippen LogP contribution in [-0.2, 0) is 4.79 Å². The highest BCUT2D eigenvalue weighted by Crippen LogP contribution is 2.67. The van der Waals surface area contributed by atoms with Crippen molar-refractivity contribution in [1.82, 2.24) is 0 Å². The molecular weight excluding hydrogens is 140 g/mol. The lowest BCUT2D eigenvalue weighted by Gasteiger charge is -2.00. The minimum atomic E-state index is -0.328. The summed E-state index contributed by atoms with van der Waals surface area (Å²) in [6.45, 7) is 0. The number of primary amides is 1. The predicted molar refractivity (Wildman–Crippen MR) is 38.1 cm³/mol. The number of carbonyl (C=O) groups excluding carboxylic acids is 1. The van der Waals surface area contributed by atoms with E-state index in [-0.39, 0.29) is 17.2 Å². The van der Waals surface area contributed by atoms with Gasteiger partial charge < -0.3 is 5.73 Å². The molecule has 0 aromatic carbocycles. The second-order valence-electron chi connectivity index (χ2n) is 3.53. The number of nitrogens with two attached hydrogens (primary N) is 1. The molecule has 0 aliphatic heterocycles. The summed E-state index contributed by atoms with van der Waals surface area (Å²) in [7, 11) is 0. The van der Waals surface area contributed by atoms with E-state index in [1.807, 2.05) is 0 Å². The van der Waals surface area contributed by atoms with Gasteiger partial charge in [0.15, 0.2) is 0 Å². The molecule has 0 bridgehead atoms. The second kappa shape index (κ2) is 1.76. The van der Waals surface area contributed by atoms with Crippen molar-refractivity contribution in [2.24, 2.45) is 23.0 Å². The number of nitrogens with zero attached hydrogens (tertiary/aromatic N) is 1. The molecule has 3 nitrogen and oxygen atoms in total. The van der Waals surface area contributed by atoms with Crippen molar-refractivity contribution in [3.63, 3.8) is 0 Å². The molecule has 3 atom stereocenters. The maximum absolute atomic E-state index is 10.8. The van der Waals surface area contributed by atoms with Gasteiger partial charge in [-0.3, -0.25) is 4.79 Å². The Morgan fingerprint density at radius 2 is 2.45 bits per heavy atom. The van der Waals surface area contributed by atoms with Gasteiger partial charge in [0.05, 0.1) is 17.4 Å². The number of hydrogen-bond acceptors (Lipinski definition) is 2. The van der Waals surface area contributed by atoms with Crippen molar-refractivity contribution in [2.75, 3.05) is 0 Å². The molecule has 0 heterocycles. The number of amides is 1. The van der Waals surface area contributed by atoms with E-state index in [9.17, 15) is 4.79 Å². The summed E-state index contributed by atoms with van der Waals surface area (Å²) in [5, 5.41) is 8.83. The first-order chi connectivity index (χ1) is 5.22. The molecular formula is C8H10N2O. The van der Waals surface area contributed by atoms with Crippen molar-refractivity contribution in [1.29, 1.82) is 5.26 Å². The molecule has 3 heteroatoms. The molecule has 0 saturated heterocycles. The molecule has 58 valence electrons. The Morgan fingerprint density at radius 3 is 2.82 bits per heavy atom. The van der Waals surface area contributed by atoms with E-state index in [1.165, 1.54) is 0 Å². The van der Waals surface area contributed by atoms with Crippen LogP contribution in [0.1, 0.15) is 19.3 Å². The fourth-order valence-corrected chi connectivity index (χ4v) is 2.56. The maximum atomic E-state index is 10.8. The first-order valence-corrected chi connectivity index (χ1v) is 3.93. The molecule has 2 aliphatic rings. The normalized spacial score (nSPS) is 46.1. The number of fused-ring (bicyclic) bond motifs is 1. The van der Waals surface area contributed by atoms with Crippen molar-refractivity contribution in [3.8, 4) is 6.07 Å². The van der Waals surface area contributed by atoms with Crippen LogP contribution in [0.15, 0.2) is 0 Å². The molecule has 2 saturated carbocycles. The highest BCUT2D eigenvalue weighted by Gasteiger charge is 2.70. The Morgan fingerprint density at radius 1 is 1.73 bits per heavy atom. The maximum Gasteiger partial charge on any atom is 0.222 e. The second-order valence-corrected chi connectivity index (χ2v) is 3.53. The summed E-state index contributed by atoms with van der Waals surface area (Å²) in [6, 6.07) is 2.24. The Hall–Kier alpha value is -1.04. The largest absolute Gasteiger partial charge is 0.369 e. The third-order valence-corrected chi connectivity index (χ3v) is 3.13. The number of nitriles is 1. The molecule has 2 aliphatic carbocycles. The van der Waals surface area contributed by atoms with Gasteiger partial charge in [-0.15, -0.1) is 0 Å². The Balaban J connectivity index is 2.23. The Labute approximate surface area is 65.2 Å². The van der Waals surface area contributed by atoms with Crippen molar-refractivity contribution in [2.45, 2.75) is 19.3 Å². The van der Waals surface area contributed by atoms with Gasteiger partial charge in [0.2, 0.25) is 5.91 Å². The lowest BCUT2D eigenvalue weighted by atomic mass is 10.0. The highest BCUT2D eigenvalue weighted by molar-refractivity contribution is 5.82. The van der Waals surface area contributed by atoms with E-state index in [4.69, 9.17) is 11.0 Å². The number of rotatable bonds is 1. The Kier molecular flexibility index (Phi) is 1.07. The van der Waals surface area contributed by atoms with Crippen LogP contribution in [0.2, 0.25) is 0 Å². The summed E-state index contributed by atoms with van der Waals surface area (Å²) >= 11 is 0. The summed E-state index contributed by atoms with van der Waals surface area (Å²) in [5.74, 6) is -0.109. The molecule has 0 aromatic heterocycles. The van der Waals surface area contributed by atoms with Crippen LogP contribution in [-0.4, -0.2) is 5.91 Å². The zero-order valence-corrected chi connectivity index (χ0v) is 6.21. The van der Waals surface area contributed by atoms with E-state index in [1.54, 1.807) is 0 Å². The molecule has 11 heavy (non-hydrogen) atoms. The fourth-order valence-electron chi connectivity index (χ4n) is 2.56. The summed E-state index contributed by atoms with van der Waals surface area (Å²) in [4.78, 5) is 10.8. The van der Waals surface area contributed by atoms with E-state index in [2.05, 4.69) is 6.07 Å². The Bertz CT molecular complexity index is 255. The van der Waals surface area contributed by atoms with E-state index in [0.29, 0.717) is 5.92 Å². The molecule has 2 rings (SSSR count). The van der Waals surface area contributed by atoms with Crippen LogP contribution in [0.5, 0.6) is 0 Å². The van der Waals surface area contributed by atoms with Crippen LogP contribution >= 0.6 is 0 Å². The van der Waals surface area contributed by atoms with E-state index in [0.717, 1.165) is 19.3 Å². The minimum Gasteiger partial charge on any atom is -0.369 e. The third-order valence-electron chi connectivity index (χ3n) is 3.13. The average molecular weight is 150 g/mol. The fraction of sp³-hybridized carbons (Fsp3) is 0.750. The van der Waals surface area contributed by atoms with Crippen molar-refractivity contribution < 1.29 is 4.79 Å². The SMILES string of the molecule is N#CC12CCCC1C2C(N)=O. The monoisotopic (exact) mass is 150 g/mol. The zero-order valence-electron chi connectivity index (χ0n) is 6.21. The van der Waals surface area contributed by atoms with Crippen molar-refractivity contribution >= 4 is 5.91 Å². The van der Waals surface area contributed by atoms with Gasteiger partial charge in [-0.2, -0.15) is 5.26 Å². The van der Waals surface area contributed by atoms with Crippen LogP contribution in [0.25, 0.3) is 0 Å². The predicted octanol–water partition coefficient (Wildman–Crippen LogP) is 0.412. The van der Waals surface area contributed by atoms with E-state index >= 15 is 0 Å². The number of carbonyl (C=O) groups is 1. The zero-order chi connectivity index (χ0) is 8.06. The van der Waals surface area contributed by atoms with Crippen molar-refractivity contribution in [3.05, 3.63) is 0 Å². The summed E-state index contributed by atoms with van der Waals surface area (Å²) < 4.78 is 0. The molecule has 1 amide bonds. The molecule has 0 aromatic rings. The topological polar surface area (TPSA) is 66.9 Å². The van der Waals surface area contributed by atoms with Gasteiger partial charge in [0, 0.05) is 0 Å². The molecule has 0 radical (unpaired) electrons. The molecule has 2 N–H and O–H groups in total. The molecule has 0 spiro atoms. The minimum absolute atomic E-state index is 0.124. The van der Waals surface area contributed by atoms with Gasteiger partial charge in [0.1, 0.15) is 0 Å². The van der Waals surface area contributed by atoms with Crippen LogP contribution in [0.3, 0.4) is 0 Å². The van der Waals surface area contributed by atoms with Gasteiger partial charge in [-0.25, -0.2) is 0 Å². The van der Waals surface area contributed by atoms with Crippen LogP contribution in [0.4, 0.5) is 0 Å². The first kappa shape index (κ1) is 6.66. The average Bonchev–Trinajstić information content (AvgIpc) is 2.44. The molecule has 2 fully saturated rings. The summed E-state index contributed by atoms with van der Waals surface area (Å²) in [6.07, 6.45) is 2.98. The summed E-state index contributed by atoms with van der Waals surface area (Å²) in [5.41, 5.74) is 4.83. The smallest absolute Gasteiger partial charge is 0.222 e. The van der Waals surface area contributed by atoms with Gasteiger partial charge >= 0.3 is 0 Å².